The van der Waals surface area contributed by atoms with Crippen molar-refractivity contribution in [2.45, 2.75) is 6.42 Å². The first kappa shape index (κ1) is 25.9. The molecule has 2 fully saturated rings. The van der Waals surface area contributed by atoms with E-state index in [1.807, 2.05) is 42.1 Å². The number of nitrogens with one attached hydrogen (secondary N) is 1. The van der Waals surface area contributed by atoms with Gasteiger partial charge in [0.2, 0.25) is 5.95 Å². The number of morpholine rings is 2. The van der Waals surface area contributed by atoms with Crippen LogP contribution in [0.5, 0.6) is 0 Å². The van der Waals surface area contributed by atoms with Gasteiger partial charge in [0.15, 0.2) is 0 Å². The van der Waals surface area contributed by atoms with Crippen molar-refractivity contribution >= 4 is 40.0 Å². The van der Waals surface area contributed by atoms with Crippen molar-refractivity contribution in [3.05, 3.63) is 59.0 Å². The van der Waals surface area contributed by atoms with Gasteiger partial charge in [-0.1, -0.05) is 11.6 Å². The van der Waals surface area contributed by atoms with Crippen molar-refractivity contribution in [1.82, 2.24) is 24.6 Å². The standard InChI is InChI=1S/C28H31ClFN7O2/c1-35-26-17-21(23(30)16-22(26)24(34-35)6-7-36-8-12-38-13-9-36)25-18-27(31-20-4-2-19(29)3-5-20)33-28(32-25)37-10-14-39-15-11-37/h2-5,16-18H,6-15H2,1H3,(H,31,32,33). The Bertz CT molecular complexity index is 1450. The second kappa shape index (κ2) is 11.4. The Morgan fingerprint density at radius 3 is 2.41 bits per heavy atom. The highest BCUT2D eigenvalue weighted by Gasteiger charge is 2.20. The molecule has 11 heteroatoms. The Kier molecular flexibility index (Phi) is 7.60. The van der Waals surface area contributed by atoms with Gasteiger partial charge in [0.1, 0.15) is 11.6 Å². The molecule has 0 amide bonds. The number of rotatable bonds is 7. The van der Waals surface area contributed by atoms with E-state index in [0.717, 1.165) is 61.6 Å². The molecule has 2 aromatic carbocycles. The number of aromatic nitrogens is 4. The summed E-state index contributed by atoms with van der Waals surface area (Å²) in [4.78, 5) is 14.0. The second-order valence-corrected chi connectivity index (χ2v) is 10.2. The van der Waals surface area contributed by atoms with Crippen molar-refractivity contribution in [3.8, 4) is 11.3 Å². The maximum atomic E-state index is 15.8. The van der Waals surface area contributed by atoms with E-state index in [1.54, 1.807) is 12.1 Å². The zero-order valence-corrected chi connectivity index (χ0v) is 22.6. The molecule has 6 rings (SSSR count). The zero-order chi connectivity index (χ0) is 26.8. The van der Waals surface area contributed by atoms with E-state index in [2.05, 4.69) is 15.1 Å². The number of ether oxygens (including phenoxy) is 2. The van der Waals surface area contributed by atoms with Gasteiger partial charge in [0.25, 0.3) is 0 Å². The minimum Gasteiger partial charge on any atom is -0.379 e. The summed E-state index contributed by atoms with van der Waals surface area (Å²) in [5.74, 6) is 0.759. The number of nitrogens with zero attached hydrogens (tertiary/aromatic N) is 6. The van der Waals surface area contributed by atoms with Gasteiger partial charge < -0.3 is 19.7 Å². The van der Waals surface area contributed by atoms with Crippen LogP contribution in [0.15, 0.2) is 42.5 Å². The third kappa shape index (κ3) is 5.84. The smallest absolute Gasteiger partial charge is 0.228 e. The van der Waals surface area contributed by atoms with Crippen LogP contribution in [0, 0.1) is 5.82 Å². The van der Waals surface area contributed by atoms with Gasteiger partial charge in [0.05, 0.1) is 43.3 Å². The number of anilines is 3. The number of hydrogen-bond acceptors (Lipinski definition) is 8. The van der Waals surface area contributed by atoms with Crippen molar-refractivity contribution < 1.29 is 13.9 Å². The molecular formula is C28H31ClFN7O2. The molecule has 0 saturated carbocycles. The lowest BCUT2D eigenvalue weighted by atomic mass is 10.1. The van der Waals surface area contributed by atoms with Gasteiger partial charge in [-0.2, -0.15) is 10.1 Å². The molecule has 0 radical (unpaired) electrons. The minimum absolute atomic E-state index is 0.341. The number of aryl methyl sites for hydroxylation is 1. The molecule has 1 N–H and O–H groups in total. The van der Waals surface area contributed by atoms with E-state index in [-0.39, 0.29) is 5.82 Å². The molecule has 204 valence electrons. The Hall–Kier alpha value is -3.31. The average molecular weight is 552 g/mol. The first-order chi connectivity index (χ1) is 19.0. The Labute approximate surface area is 231 Å². The fourth-order valence-corrected chi connectivity index (χ4v) is 5.17. The molecule has 0 bridgehead atoms. The van der Waals surface area contributed by atoms with Crippen molar-refractivity contribution in [2.24, 2.45) is 7.05 Å². The summed E-state index contributed by atoms with van der Waals surface area (Å²) in [5.41, 5.74) is 3.48. The molecule has 4 aromatic rings. The molecule has 39 heavy (non-hydrogen) atoms. The van der Waals surface area contributed by atoms with E-state index in [0.29, 0.717) is 54.3 Å². The van der Waals surface area contributed by atoms with Crippen LogP contribution in [0.25, 0.3) is 22.2 Å². The molecule has 0 unspecified atom stereocenters. The fraction of sp³-hybridized carbons (Fsp3) is 0.393. The highest BCUT2D eigenvalue weighted by molar-refractivity contribution is 6.30. The van der Waals surface area contributed by atoms with Gasteiger partial charge in [-0.05, 0) is 36.4 Å². The summed E-state index contributed by atoms with van der Waals surface area (Å²) < 4.78 is 28.6. The van der Waals surface area contributed by atoms with Gasteiger partial charge in [-0.3, -0.25) is 9.58 Å². The summed E-state index contributed by atoms with van der Waals surface area (Å²) in [7, 11) is 1.90. The summed E-state index contributed by atoms with van der Waals surface area (Å²) in [6, 6.07) is 12.6. The third-order valence-electron chi connectivity index (χ3n) is 7.19. The van der Waals surface area contributed by atoms with Crippen LogP contribution < -0.4 is 10.2 Å². The minimum atomic E-state index is -0.341. The molecule has 0 aliphatic carbocycles. The summed E-state index contributed by atoms with van der Waals surface area (Å²) in [6.45, 7) is 6.71. The average Bonchev–Trinajstić information content (AvgIpc) is 3.27. The first-order valence-corrected chi connectivity index (χ1v) is 13.6. The van der Waals surface area contributed by atoms with Crippen LogP contribution in [0.1, 0.15) is 5.69 Å². The van der Waals surface area contributed by atoms with E-state index in [4.69, 9.17) is 36.1 Å². The molecule has 9 nitrogen and oxygen atoms in total. The molecule has 2 aliphatic rings. The molecule has 4 heterocycles. The molecular weight excluding hydrogens is 521 g/mol. The summed E-state index contributed by atoms with van der Waals surface area (Å²) >= 11 is 6.06. The maximum Gasteiger partial charge on any atom is 0.228 e. The first-order valence-electron chi connectivity index (χ1n) is 13.2. The van der Waals surface area contributed by atoms with Crippen LogP contribution >= 0.6 is 11.6 Å². The van der Waals surface area contributed by atoms with Crippen molar-refractivity contribution in [3.63, 3.8) is 0 Å². The predicted molar refractivity (Wildman–Crippen MR) is 150 cm³/mol. The van der Waals surface area contributed by atoms with Crippen LogP contribution in [0.2, 0.25) is 5.02 Å². The van der Waals surface area contributed by atoms with Gasteiger partial charge in [-0.25, -0.2) is 9.37 Å². The Morgan fingerprint density at radius 2 is 1.67 bits per heavy atom. The molecule has 0 spiro atoms. The van der Waals surface area contributed by atoms with E-state index < -0.39 is 0 Å². The lowest BCUT2D eigenvalue weighted by Gasteiger charge is -2.27. The predicted octanol–water partition coefficient (Wildman–Crippen LogP) is 4.28. The summed E-state index contributed by atoms with van der Waals surface area (Å²) in [6.07, 6.45) is 0.750. The topological polar surface area (TPSA) is 80.6 Å². The van der Waals surface area contributed by atoms with Gasteiger partial charge in [-0.15, -0.1) is 0 Å². The third-order valence-corrected chi connectivity index (χ3v) is 7.44. The number of benzene rings is 2. The fourth-order valence-electron chi connectivity index (χ4n) is 5.04. The van der Waals surface area contributed by atoms with Crippen LogP contribution in [-0.4, -0.2) is 83.8 Å². The van der Waals surface area contributed by atoms with E-state index in [1.165, 1.54) is 0 Å². The quantitative estimate of drug-likeness (QED) is 0.365. The Balaban J connectivity index is 1.35. The van der Waals surface area contributed by atoms with Crippen LogP contribution in [0.4, 0.5) is 21.8 Å². The Morgan fingerprint density at radius 1 is 0.949 bits per heavy atom. The molecule has 0 atom stereocenters. The SMILES string of the molecule is Cn1nc(CCN2CCOCC2)c2cc(F)c(-c3cc(Nc4ccc(Cl)cc4)nc(N4CCOCC4)n3)cc21. The van der Waals surface area contributed by atoms with Gasteiger partial charge in [0, 0.05) is 73.9 Å². The second-order valence-electron chi connectivity index (χ2n) is 9.79. The molecule has 2 saturated heterocycles. The zero-order valence-electron chi connectivity index (χ0n) is 21.9. The molecule has 2 aromatic heterocycles. The lowest BCUT2D eigenvalue weighted by molar-refractivity contribution is 0.0383. The monoisotopic (exact) mass is 551 g/mol. The maximum absolute atomic E-state index is 15.8. The van der Waals surface area contributed by atoms with Crippen LogP contribution in [0.3, 0.4) is 0 Å². The van der Waals surface area contributed by atoms with Gasteiger partial charge >= 0.3 is 0 Å². The lowest BCUT2D eigenvalue weighted by Crippen LogP contribution is -2.37. The highest BCUT2D eigenvalue weighted by atomic mass is 35.5. The number of hydrogen-bond donors (Lipinski definition) is 1. The van der Waals surface area contributed by atoms with Crippen molar-refractivity contribution in [1.29, 1.82) is 0 Å². The van der Waals surface area contributed by atoms with E-state index in [9.17, 15) is 0 Å². The summed E-state index contributed by atoms with van der Waals surface area (Å²) in [5, 5.41) is 9.53. The normalized spacial score (nSPS) is 16.6. The van der Waals surface area contributed by atoms with Crippen molar-refractivity contribution in [2.75, 3.05) is 69.4 Å². The number of fused-ring (bicyclic) bond motifs is 1. The largest absolute Gasteiger partial charge is 0.379 e. The molecule has 2 aliphatic heterocycles. The van der Waals surface area contributed by atoms with E-state index >= 15 is 4.39 Å². The highest BCUT2D eigenvalue weighted by Crippen LogP contribution is 2.32. The number of halogens is 2. The van der Waals surface area contributed by atoms with Crippen LogP contribution in [-0.2, 0) is 22.9 Å².